The quantitative estimate of drug-likeness (QED) is 0.319. The summed E-state index contributed by atoms with van der Waals surface area (Å²) in [5.41, 5.74) is -0.736. The summed E-state index contributed by atoms with van der Waals surface area (Å²) in [6, 6.07) is 0. The third-order valence-electron chi connectivity index (χ3n) is 6.45. The van der Waals surface area contributed by atoms with Crippen molar-refractivity contribution < 1.29 is 23.8 Å². The number of amides is 1. The van der Waals surface area contributed by atoms with Gasteiger partial charge in [0.25, 0.3) is 0 Å². The van der Waals surface area contributed by atoms with Crippen molar-refractivity contribution in [1.82, 2.24) is 4.90 Å². The summed E-state index contributed by atoms with van der Waals surface area (Å²) in [4.78, 5) is 32.3. The van der Waals surface area contributed by atoms with Gasteiger partial charge in [0.05, 0.1) is 12.0 Å². The minimum absolute atomic E-state index is 0.0900. The molecule has 7 nitrogen and oxygen atoms in total. The Bertz CT molecular complexity index is 690. The van der Waals surface area contributed by atoms with Crippen LogP contribution in [0.25, 0.3) is 0 Å². The van der Waals surface area contributed by atoms with Gasteiger partial charge in [-0.3, -0.25) is 4.79 Å². The van der Waals surface area contributed by atoms with Crippen molar-refractivity contribution in [3.63, 3.8) is 0 Å². The van der Waals surface area contributed by atoms with E-state index in [9.17, 15) is 9.59 Å². The molecule has 5 atom stereocenters. The molecule has 2 aliphatic heterocycles. The molecule has 1 amide bonds. The van der Waals surface area contributed by atoms with Gasteiger partial charge in [0, 0.05) is 32.0 Å². The predicted molar refractivity (Wildman–Crippen MR) is 103 cm³/mol. The van der Waals surface area contributed by atoms with Crippen molar-refractivity contribution >= 4 is 17.8 Å². The highest BCUT2D eigenvalue weighted by Gasteiger charge is 2.65. The molecule has 0 unspecified atom stereocenters. The summed E-state index contributed by atoms with van der Waals surface area (Å²) >= 11 is 0. The molecule has 0 radical (unpaired) electrons. The smallest absolute Gasteiger partial charge is 0.341 e. The van der Waals surface area contributed by atoms with E-state index in [1.54, 1.807) is 0 Å². The lowest BCUT2D eigenvalue weighted by Crippen LogP contribution is -2.37. The van der Waals surface area contributed by atoms with Crippen LogP contribution < -0.4 is 0 Å². The number of fused-ring (bicyclic) bond motifs is 2. The van der Waals surface area contributed by atoms with Gasteiger partial charge >= 0.3 is 5.97 Å². The van der Waals surface area contributed by atoms with Gasteiger partial charge in [-0.15, -0.1) is 0 Å². The Morgan fingerprint density at radius 1 is 1.29 bits per heavy atom. The van der Waals surface area contributed by atoms with E-state index in [1.807, 2.05) is 18.9 Å². The van der Waals surface area contributed by atoms with Crippen LogP contribution in [-0.2, 0) is 23.8 Å². The van der Waals surface area contributed by atoms with Crippen LogP contribution in [0.5, 0.6) is 0 Å². The molecule has 2 aliphatic carbocycles. The average molecular weight is 390 g/mol. The first-order chi connectivity index (χ1) is 13.5. The fourth-order valence-corrected chi connectivity index (χ4v) is 4.64. The number of aliphatic imine (C=N–C) groups is 1. The van der Waals surface area contributed by atoms with Crippen LogP contribution in [-0.4, -0.2) is 61.3 Å². The molecular formula is C21H30N2O5. The molecule has 7 heteroatoms. The summed E-state index contributed by atoms with van der Waals surface area (Å²) in [5, 5.41) is 0. The lowest BCUT2D eigenvalue weighted by molar-refractivity contribution is -0.138. The molecular weight excluding hydrogens is 360 g/mol. The SMILES string of the molecule is CCOCO[C@H]1C[C@H]2C(=O)N(C)CCCC/C=C\[C@H]3C[C@@]34N=C(OC4=O)[C@@H]2C1. The zero-order valence-corrected chi connectivity index (χ0v) is 16.8. The molecule has 0 aromatic heterocycles. The van der Waals surface area contributed by atoms with Crippen molar-refractivity contribution in [3.05, 3.63) is 12.2 Å². The predicted octanol–water partition coefficient (Wildman–Crippen LogP) is 2.30. The molecule has 0 saturated heterocycles. The number of allylic oxidation sites excluding steroid dienone is 1. The number of carbonyl (C=O) groups is 2. The van der Waals surface area contributed by atoms with Crippen LogP contribution in [0.1, 0.15) is 45.4 Å². The van der Waals surface area contributed by atoms with Crippen molar-refractivity contribution in [2.45, 2.75) is 57.1 Å². The highest BCUT2D eigenvalue weighted by atomic mass is 16.7. The Hall–Kier alpha value is -1.73. The fraction of sp³-hybridized carbons (Fsp3) is 0.762. The van der Waals surface area contributed by atoms with Crippen molar-refractivity contribution in [2.75, 3.05) is 27.0 Å². The second kappa shape index (κ2) is 7.95. The summed E-state index contributed by atoms with van der Waals surface area (Å²) in [5.74, 6) is -0.0830. The van der Waals surface area contributed by atoms with Crippen LogP contribution in [0.15, 0.2) is 17.1 Å². The van der Waals surface area contributed by atoms with E-state index in [4.69, 9.17) is 19.2 Å². The third kappa shape index (κ3) is 3.62. The average Bonchev–Trinajstić information content (AvgIpc) is 3.04. The van der Waals surface area contributed by atoms with Gasteiger partial charge in [-0.25, -0.2) is 9.79 Å². The van der Waals surface area contributed by atoms with Gasteiger partial charge in [0.1, 0.15) is 6.79 Å². The third-order valence-corrected chi connectivity index (χ3v) is 6.45. The van der Waals surface area contributed by atoms with Gasteiger partial charge in [-0.2, -0.15) is 0 Å². The van der Waals surface area contributed by atoms with Crippen molar-refractivity contribution in [1.29, 1.82) is 0 Å². The molecule has 2 fully saturated rings. The summed E-state index contributed by atoms with van der Waals surface area (Å²) < 4.78 is 16.8. The maximum atomic E-state index is 13.1. The van der Waals surface area contributed by atoms with Gasteiger partial charge < -0.3 is 19.1 Å². The zero-order chi connectivity index (χ0) is 19.7. The Kier molecular flexibility index (Phi) is 5.56. The molecule has 154 valence electrons. The molecule has 0 aromatic rings. The molecule has 28 heavy (non-hydrogen) atoms. The van der Waals surface area contributed by atoms with Crippen LogP contribution in [0.4, 0.5) is 0 Å². The number of hydrogen-bond acceptors (Lipinski definition) is 6. The number of esters is 1. The topological polar surface area (TPSA) is 77.4 Å². The lowest BCUT2D eigenvalue weighted by Gasteiger charge is -2.24. The van der Waals surface area contributed by atoms with E-state index in [0.717, 1.165) is 25.8 Å². The Morgan fingerprint density at radius 3 is 2.93 bits per heavy atom. The molecule has 0 aromatic carbocycles. The van der Waals surface area contributed by atoms with E-state index in [-0.39, 0.29) is 42.5 Å². The van der Waals surface area contributed by atoms with Crippen molar-refractivity contribution in [3.8, 4) is 0 Å². The molecule has 2 bridgehead atoms. The first-order valence-electron chi connectivity index (χ1n) is 10.5. The minimum atomic E-state index is -0.736. The van der Waals surface area contributed by atoms with E-state index < -0.39 is 5.54 Å². The first-order valence-corrected chi connectivity index (χ1v) is 10.5. The first kappa shape index (κ1) is 19.6. The maximum absolute atomic E-state index is 13.1. The monoisotopic (exact) mass is 390 g/mol. The van der Waals surface area contributed by atoms with Crippen molar-refractivity contribution in [2.24, 2.45) is 22.7 Å². The molecule has 2 saturated carbocycles. The number of carbonyl (C=O) groups excluding carboxylic acids is 2. The van der Waals surface area contributed by atoms with Crippen LogP contribution in [0.3, 0.4) is 0 Å². The largest absolute Gasteiger partial charge is 0.410 e. The Morgan fingerprint density at radius 2 is 2.11 bits per heavy atom. The summed E-state index contributed by atoms with van der Waals surface area (Å²) in [6.07, 6.45) is 9.07. The van der Waals surface area contributed by atoms with Gasteiger partial charge in [0.2, 0.25) is 5.91 Å². The molecule has 0 N–H and O–H groups in total. The number of rotatable bonds is 4. The maximum Gasteiger partial charge on any atom is 0.341 e. The second-order valence-corrected chi connectivity index (χ2v) is 8.34. The van der Waals surface area contributed by atoms with Crippen LogP contribution in [0.2, 0.25) is 0 Å². The van der Waals surface area contributed by atoms with Crippen LogP contribution in [0, 0.1) is 17.8 Å². The molecule has 2 heterocycles. The summed E-state index contributed by atoms with van der Waals surface area (Å²) in [7, 11) is 1.86. The Labute approximate surface area is 166 Å². The van der Waals surface area contributed by atoms with Gasteiger partial charge in [-0.05, 0) is 45.4 Å². The van der Waals surface area contributed by atoms with E-state index in [2.05, 4.69) is 12.2 Å². The highest BCUT2D eigenvalue weighted by Crippen LogP contribution is 2.53. The molecule has 4 aliphatic rings. The summed E-state index contributed by atoms with van der Waals surface area (Å²) in [6.45, 7) is 3.46. The van der Waals surface area contributed by atoms with E-state index >= 15 is 0 Å². The van der Waals surface area contributed by atoms with E-state index in [1.165, 1.54) is 0 Å². The van der Waals surface area contributed by atoms with E-state index in [0.29, 0.717) is 31.8 Å². The van der Waals surface area contributed by atoms with Gasteiger partial charge in [-0.1, -0.05) is 12.2 Å². The lowest BCUT2D eigenvalue weighted by atomic mass is 9.94. The normalized spacial score (nSPS) is 38.9. The number of ether oxygens (including phenoxy) is 3. The fourth-order valence-electron chi connectivity index (χ4n) is 4.64. The highest BCUT2D eigenvalue weighted by molar-refractivity contribution is 6.04. The zero-order valence-electron chi connectivity index (χ0n) is 16.8. The molecule has 4 rings (SSSR count). The van der Waals surface area contributed by atoms with Gasteiger partial charge in [0.15, 0.2) is 11.4 Å². The second-order valence-electron chi connectivity index (χ2n) is 8.34. The van der Waals surface area contributed by atoms with Crippen LogP contribution >= 0.6 is 0 Å². The number of nitrogens with zero attached hydrogens (tertiary/aromatic N) is 2. The Balaban J connectivity index is 1.57. The standard InChI is InChI=1S/C21H30N2O5/c1-3-26-13-27-15-10-16-17(11-15)19(24)23(2)9-7-5-4-6-8-14-12-21(14)20(25)28-18(16)22-21/h6,8,14-17H,3-5,7,9-13H2,1-2H3/b8-6-/t14-,15+,16+,17+,21+/m0/s1. The number of hydrogen-bond donors (Lipinski definition) is 0. The molecule has 1 spiro atoms. The minimum Gasteiger partial charge on any atom is -0.410 e.